The Morgan fingerprint density at radius 2 is 0.717 bits per heavy atom. The molecule has 314 valence electrons. The molecular formula is C49H95NO3. The average molecular weight is 746 g/mol. The second kappa shape index (κ2) is 45.3. The van der Waals surface area contributed by atoms with Crippen LogP contribution >= 0.6 is 0 Å². The Morgan fingerprint density at radius 3 is 1.04 bits per heavy atom. The second-order valence-electron chi connectivity index (χ2n) is 16.5. The highest BCUT2D eigenvalue weighted by molar-refractivity contribution is 5.76. The largest absolute Gasteiger partial charge is 0.394 e. The van der Waals surface area contributed by atoms with Crippen molar-refractivity contribution in [2.75, 3.05) is 6.61 Å². The first kappa shape index (κ1) is 51.9. The van der Waals surface area contributed by atoms with Crippen LogP contribution in [0.5, 0.6) is 0 Å². The molecule has 0 saturated heterocycles. The molecule has 0 saturated carbocycles. The van der Waals surface area contributed by atoms with Gasteiger partial charge in [-0.05, 0) is 44.9 Å². The number of hydrogen-bond donors (Lipinski definition) is 3. The lowest BCUT2D eigenvalue weighted by Gasteiger charge is -2.20. The third-order valence-electron chi connectivity index (χ3n) is 11.2. The summed E-state index contributed by atoms with van der Waals surface area (Å²) in [4.78, 5) is 12.4. The van der Waals surface area contributed by atoms with E-state index in [1.165, 1.54) is 218 Å². The predicted octanol–water partition coefficient (Wildman–Crippen LogP) is 15.2. The Bertz CT molecular complexity index is 765. The number of carbonyl (C=O) groups is 1. The van der Waals surface area contributed by atoms with Crippen molar-refractivity contribution in [1.82, 2.24) is 5.32 Å². The fourth-order valence-corrected chi connectivity index (χ4v) is 7.47. The molecule has 0 bridgehead atoms. The Morgan fingerprint density at radius 1 is 0.434 bits per heavy atom. The molecule has 4 heteroatoms. The van der Waals surface area contributed by atoms with E-state index in [0.29, 0.717) is 6.42 Å². The highest BCUT2D eigenvalue weighted by Gasteiger charge is 2.18. The number of allylic oxidation sites excluding steroid dienone is 3. The van der Waals surface area contributed by atoms with Crippen molar-refractivity contribution in [3.05, 3.63) is 24.3 Å². The van der Waals surface area contributed by atoms with E-state index >= 15 is 0 Å². The minimum absolute atomic E-state index is 0.0654. The zero-order chi connectivity index (χ0) is 38.6. The number of nitrogens with one attached hydrogen (secondary N) is 1. The lowest BCUT2D eigenvalue weighted by atomic mass is 10.0. The molecule has 3 N–H and O–H groups in total. The van der Waals surface area contributed by atoms with Gasteiger partial charge < -0.3 is 15.5 Å². The van der Waals surface area contributed by atoms with Crippen LogP contribution in [0.3, 0.4) is 0 Å². The maximum atomic E-state index is 12.4. The quantitative estimate of drug-likeness (QED) is 0.0430. The third kappa shape index (κ3) is 41.9. The van der Waals surface area contributed by atoms with Gasteiger partial charge in [-0.15, -0.1) is 0 Å². The molecule has 2 unspecified atom stereocenters. The molecule has 0 fully saturated rings. The summed E-state index contributed by atoms with van der Waals surface area (Å²) in [6, 6.07) is -0.622. The standard InChI is InChI=1S/C49H95NO3/c1-3-5-7-9-11-13-15-17-19-21-23-24-25-27-28-30-32-34-36-38-40-42-44-48(52)47(46-51)50-49(53)45-43-41-39-37-35-33-31-29-26-22-20-18-16-14-12-10-8-6-4-2/h22,26,42,44,47-48,51-52H,3-21,23-25,27-41,43,45-46H2,1-2H3,(H,50,53)/b26-22-,44-42+. The van der Waals surface area contributed by atoms with Crippen LogP contribution in [0.25, 0.3) is 0 Å². The van der Waals surface area contributed by atoms with Gasteiger partial charge in [0.25, 0.3) is 0 Å². The molecule has 0 rings (SSSR count). The average Bonchev–Trinajstić information content (AvgIpc) is 3.16. The fourth-order valence-electron chi connectivity index (χ4n) is 7.47. The van der Waals surface area contributed by atoms with E-state index in [-0.39, 0.29) is 12.5 Å². The molecular weight excluding hydrogens is 651 g/mol. The van der Waals surface area contributed by atoms with Crippen molar-refractivity contribution >= 4 is 5.91 Å². The predicted molar refractivity (Wildman–Crippen MR) is 235 cm³/mol. The number of aliphatic hydroxyl groups excluding tert-OH is 2. The molecule has 0 aliphatic carbocycles. The van der Waals surface area contributed by atoms with E-state index in [1.807, 2.05) is 6.08 Å². The topological polar surface area (TPSA) is 69.6 Å². The van der Waals surface area contributed by atoms with Crippen LogP contribution in [0.1, 0.15) is 264 Å². The van der Waals surface area contributed by atoms with Gasteiger partial charge in [-0.3, -0.25) is 4.79 Å². The van der Waals surface area contributed by atoms with Crippen molar-refractivity contribution in [1.29, 1.82) is 0 Å². The molecule has 0 aromatic carbocycles. The summed E-state index contributed by atoms with van der Waals surface area (Å²) in [7, 11) is 0. The number of rotatable bonds is 44. The van der Waals surface area contributed by atoms with Crippen LogP contribution in [0.15, 0.2) is 24.3 Å². The Balaban J connectivity index is 3.53. The molecule has 2 atom stereocenters. The van der Waals surface area contributed by atoms with Crippen molar-refractivity contribution in [3.8, 4) is 0 Å². The number of unbranched alkanes of at least 4 members (excludes halogenated alkanes) is 35. The summed E-state index contributed by atoms with van der Waals surface area (Å²) in [5.41, 5.74) is 0. The summed E-state index contributed by atoms with van der Waals surface area (Å²) >= 11 is 0. The molecule has 53 heavy (non-hydrogen) atoms. The molecule has 0 aromatic rings. The van der Waals surface area contributed by atoms with Crippen LogP contribution in [0.4, 0.5) is 0 Å². The van der Waals surface area contributed by atoms with Gasteiger partial charge in [0, 0.05) is 6.42 Å². The summed E-state index contributed by atoms with van der Waals surface area (Å²) in [5.74, 6) is -0.0654. The van der Waals surface area contributed by atoms with Crippen LogP contribution in [0, 0.1) is 0 Å². The minimum Gasteiger partial charge on any atom is -0.394 e. The maximum absolute atomic E-state index is 12.4. The number of amides is 1. The summed E-state index contributed by atoms with van der Waals surface area (Å²) < 4.78 is 0. The van der Waals surface area contributed by atoms with Gasteiger partial charge in [-0.1, -0.05) is 237 Å². The second-order valence-corrected chi connectivity index (χ2v) is 16.5. The van der Waals surface area contributed by atoms with Crippen molar-refractivity contribution in [2.24, 2.45) is 0 Å². The summed E-state index contributed by atoms with van der Waals surface area (Å²) in [6.45, 7) is 4.33. The fraction of sp³-hybridized carbons (Fsp3) is 0.898. The van der Waals surface area contributed by atoms with Gasteiger partial charge in [0.05, 0.1) is 18.8 Å². The van der Waals surface area contributed by atoms with Gasteiger partial charge in [0.2, 0.25) is 5.91 Å². The normalized spacial score (nSPS) is 13.1. The van der Waals surface area contributed by atoms with Crippen molar-refractivity contribution in [3.63, 3.8) is 0 Å². The first-order chi connectivity index (χ1) is 26.2. The zero-order valence-electron chi connectivity index (χ0n) is 36.1. The van der Waals surface area contributed by atoms with E-state index in [2.05, 4.69) is 31.3 Å². The van der Waals surface area contributed by atoms with Crippen LogP contribution in [0.2, 0.25) is 0 Å². The summed E-state index contributed by atoms with van der Waals surface area (Å²) in [6.07, 6.45) is 58.7. The Hall–Kier alpha value is -1.13. The number of carbonyl (C=O) groups excluding carboxylic acids is 1. The van der Waals surface area contributed by atoms with Gasteiger partial charge in [0.15, 0.2) is 0 Å². The van der Waals surface area contributed by atoms with E-state index in [0.717, 1.165) is 25.7 Å². The van der Waals surface area contributed by atoms with Crippen LogP contribution in [-0.2, 0) is 4.79 Å². The van der Waals surface area contributed by atoms with Crippen LogP contribution in [-0.4, -0.2) is 34.9 Å². The first-order valence-electron chi connectivity index (χ1n) is 24.1. The van der Waals surface area contributed by atoms with E-state index < -0.39 is 12.1 Å². The SMILES string of the molecule is CCCCCCCCCC/C=C\CCCCCCCCCC(=O)NC(CO)C(O)/C=C/CCCCCCCCCCCCCCCCCCCCCC. The summed E-state index contributed by atoms with van der Waals surface area (Å²) in [5, 5.41) is 23.1. The van der Waals surface area contributed by atoms with Gasteiger partial charge in [0.1, 0.15) is 0 Å². The van der Waals surface area contributed by atoms with Crippen molar-refractivity contribution in [2.45, 2.75) is 276 Å². The van der Waals surface area contributed by atoms with Gasteiger partial charge in [-0.2, -0.15) is 0 Å². The minimum atomic E-state index is -0.839. The van der Waals surface area contributed by atoms with E-state index in [4.69, 9.17) is 0 Å². The lowest BCUT2D eigenvalue weighted by Crippen LogP contribution is -2.45. The molecule has 1 amide bonds. The first-order valence-corrected chi connectivity index (χ1v) is 24.1. The maximum Gasteiger partial charge on any atom is 0.220 e. The molecule has 0 radical (unpaired) electrons. The highest BCUT2D eigenvalue weighted by Crippen LogP contribution is 2.16. The zero-order valence-corrected chi connectivity index (χ0v) is 36.1. The highest BCUT2D eigenvalue weighted by atomic mass is 16.3. The third-order valence-corrected chi connectivity index (χ3v) is 11.2. The Kier molecular flexibility index (Phi) is 44.3. The molecule has 4 nitrogen and oxygen atoms in total. The van der Waals surface area contributed by atoms with Gasteiger partial charge >= 0.3 is 0 Å². The molecule has 0 spiro atoms. The monoisotopic (exact) mass is 746 g/mol. The van der Waals surface area contributed by atoms with Crippen LogP contribution < -0.4 is 5.32 Å². The smallest absolute Gasteiger partial charge is 0.220 e. The number of hydrogen-bond acceptors (Lipinski definition) is 3. The Labute approximate surface area is 332 Å². The van der Waals surface area contributed by atoms with Crippen molar-refractivity contribution < 1.29 is 15.0 Å². The van der Waals surface area contributed by atoms with E-state index in [1.54, 1.807) is 6.08 Å². The molecule has 0 aliphatic heterocycles. The molecule has 0 heterocycles. The molecule has 0 aromatic heterocycles. The molecule has 0 aliphatic rings. The lowest BCUT2D eigenvalue weighted by molar-refractivity contribution is -0.123. The van der Waals surface area contributed by atoms with Gasteiger partial charge in [-0.25, -0.2) is 0 Å². The van der Waals surface area contributed by atoms with E-state index in [9.17, 15) is 15.0 Å². The number of aliphatic hydroxyl groups is 2.